The maximum Gasteiger partial charge on any atom is 0.328 e. The number of carbonyl (C=O) groups is 1. The van der Waals surface area contributed by atoms with E-state index in [1.54, 1.807) is 12.1 Å². The largest absolute Gasteiger partial charge is 0.478 e. The van der Waals surface area contributed by atoms with Gasteiger partial charge < -0.3 is 5.11 Å². The summed E-state index contributed by atoms with van der Waals surface area (Å²) in [7, 11) is -3.34. The topological polar surface area (TPSA) is 96.4 Å². The second-order valence-electron chi connectivity index (χ2n) is 3.97. The van der Waals surface area contributed by atoms with Gasteiger partial charge in [-0.15, -0.1) is 0 Å². The smallest absolute Gasteiger partial charge is 0.328 e. The molecule has 2 N–H and O–H groups in total. The van der Waals surface area contributed by atoms with Crippen LogP contribution in [-0.2, 0) is 14.8 Å². The van der Waals surface area contributed by atoms with Crippen LogP contribution in [0.25, 0.3) is 6.08 Å². The van der Waals surface area contributed by atoms with Gasteiger partial charge in [0.15, 0.2) is 0 Å². The number of nitrogens with zero attached hydrogens (tertiary/aromatic N) is 1. The van der Waals surface area contributed by atoms with Gasteiger partial charge in [0.05, 0.1) is 10.9 Å². The summed E-state index contributed by atoms with van der Waals surface area (Å²) < 4.78 is 25.7. The predicted molar refractivity (Wildman–Crippen MR) is 66.5 cm³/mol. The molecule has 0 bridgehead atoms. The molecule has 1 aromatic rings. The molecular weight excluding hydrogens is 256 g/mol. The lowest BCUT2D eigenvalue weighted by Gasteiger charge is -2.06. The Bertz CT molecular complexity index is 591. The minimum Gasteiger partial charge on any atom is -0.478 e. The molecule has 1 heterocycles. The number of anilines is 1. The first-order chi connectivity index (χ1) is 8.47. The zero-order valence-electron chi connectivity index (χ0n) is 9.41. The van der Waals surface area contributed by atoms with E-state index >= 15 is 0 Å². The maximum atomic E-state index is 11.7. The molecule has 7 heteroatoms. The molecule has 0 atom stereocenters. The van der Waals surface area contributed by atoms with E-state index < -0.39 is 16.0 Å². The second-order valence-corrected chi connectivity index (χ2v) is 5.93. The fraction of sp³-hybridized carbons (Fsp3) is 0.273. The monoisotopic (exact) mass is 268 g/mol. The van der Waals surface area contributed by atoms with Gasteiger partial charge in [-0.25, -0.2) is 18.2 Å². The molecule has 1 saturated carbocycles. The van der Waals surface area contributed by atoms with Crippen LogP contribution in [0.1, 0.15) is 18.5 Å². The van der Waals surface area contributed by atoms with Gasteiger partial charge in [0.25, 0.3) is 0 Å². The molecule has 0 radical (unpaired) electrons. The lowest BCUT2D eigenvalue weighted by atomic mass is 10.3. The van der Waals surface area contributed by atoms with Crippen molar-refractivity contribution in [3.63, 3.8) is 0 Å². The van der Waals surface area contributed by atoms with Crippen LogP contribution in [-0.4, -0.2) is 29.7 Å². The Balaban J connectivity index is 2.14. The molecule has 1 aliphatic carbocycles. The first kappa shape index (κ1) is 12.6. The lowest BCUT2D eigenvalue weighted by Crippen LogP contribution is -2.18. The maximum absolute atomic E-state index is 11.7. The number of pyridine rings is 1. The summed E-state index contributed by atoms with van der Waals surface area (Å²) in [4.78, 5) is 14.4. The summed E-state index contributed by atoms with van der Waals surface area (Å²) in [6, 6.07) is 4.73. The molecule has 0 aromatic carbocycles. The fourth-order valence-electron chi connectivity index (χ4n) is 1.37. The average molecular weight is 268 g/mol. The first-order valence-electron chi connectivity index (χ1n) is 5.37. The number of carboxylic acid groups (broad SMARTS) is 1. The number of carboxylic acids is 1. The molecule has 1 aliphatic rings. The van der Waals surface area contributed by atoms with Crippen LogP contribution in [0, 0.1) is 0 Å². The molecule has 0 spiro atoms. The Morgan fingerprint density at radius 2 is 2.17 bits per heavy atom. The van der Waals surface area contributed by atoms with Gasteiger partial charge in [-0.1, -0.05) is 6.07 Å². The molecule has 6 nitrogen and oxygen atoms in total. The Morgan fingerprint density at radius 3 is 2.78 bits per heavy atom. The van der Waals surface area contributed by atoms with Crippen molar-refractivity contribution in [3.05, 3.63) is 30.0 Å². The second kappa shape index (κ2) is 4.77. The van der Waals surface area contributed by atoms with Crippen molar-refractivity contribution in [2.75, 3.05) is 4.72 Å². The number of nitrogens with one attached hydrogen (secondary N) is 1. The van der Waals surface area contributed by atoms with Gasteiger partial charge in [-0.2, -0.15) is 0 Å². The van der Waals surface area contributed by atoms with Crippen molar-refractivity contribution >= 4 is 27.9 Å². The third-order valence-corrected chi connectivity index (χ3v) is 4.22. The van der Waals surface area contributed by atoms with Crippen molar-refractivity contribution in [2.24, 2.45) is 0 Å². The Hall–Kier alpha value is -1.89. The number of rotatable bonds is 5. The number of aliphatic carboxylic acids is 1. The summed E-state index contributed by atoms with van der Waals surface area (Å²) >= 11 is 0. The van der Waals surface area contributed by atoms with Crippen LogP contribution in [0.5, 0.6) is 0 Å². The molecule has 96 valence electrons. The Morgan fingerprint density at radius 1 is 1.44 bits per heavy atom. The van der Waals surface area contributed by atoms with Crippen molar-refractivity contribution in [2.45, 2.75) is 18.1 Å². The van der Waals surface area contributed by atoms with Crippen LogP contribution in [0.4, 0.5) is 5.82 Å². The third kappa shape index (κ3) is 3.30. The van der Waals surface area contributed by atoms with Crippen LogP contribution in [0.3, 0.4) is 0 Å². The van der Waals surface area contributed by atoms with Crippen LogP contribution < -0.4 is 4.72 Å². The third-order valence-electron chi connectivity index (χ3n) is 2.38. The normalized spacial score (nSPS) is 15.8. The number of hydrogen-bond donors (Lipinski definition) is 2. The Labute approximate surface area is 104 Å². The van der Waals surface area contributed by atoms with Crippen molar-refractivity contribution in [1.82, 2.24) is 4.98 Å². The van der Waals surface area contributed by atoms with Crippen LogP contribution in [0.2, 0.25) is 0 Å². The van der Waals surface area contributed by atoms with E-state index in [1.807, 2.05) is 0 Å². The molecule has 0 unspecified atom stereocenters. The van der Waals surface area contributed by atoms with E-state index in [4.69, 9.17) is 5.11 Å². The Kier molecular flexibility index (Phi) is 3.33. The van der Waals surface area contributed by atoms with Gasteiger partial charge in [0, 0.05) is 6.08 Å². The molecule has 0 aliphatic heterocycles. The molecule has 1 aromatic heterocycles. The predicted octanol–water partition coefficient (Wildman–Crippen LogP) is 1.08. The van der Waals surface area contributed by atoms with Crippen molar-refractivity contribution in [1.29, 1.82) is 0 Å². The summed E-state index contributed by atoms with van der Waals surface area (Å²) in [6.07, 6.45) is 3.60. The standard InChI is InChI=1S/C11H12N2O4S/c14-11(15)7-4-8-2-1-3-10(12-8)13-18(16,17)9-5-6-9/h1-4,7,9H,5-6H2,(H,12,13)(H,14,15). The molecule has 2 rings (SSSR count). The van der Waals surface area contributed by atoms with E-state index in [0.717, 1.165) is 6.08 Å². The van der Waals surface area contributed by atoms with E-state index in [0.29, 0.717) is 18.5 Å². The molecule has 0 saturated heterocycles. The molecular formula is C11H12N2O4S. The highest BCUT2D eigenvalue weighted by molar-refractivity contribution is 7.93. The molecule has 1 fully saturated rings. The number of sulfonamides is 1. The van der Waals surface area contributed by atoms with E-state index in [1.165, 1.54) is 12.1 Å². The van der Waals surface area contributed by atoms with Crippen LogP contribution in [0.15, 0.2) is 24.3 Å². The van der Waals surface area contributed by atoms with Gasteiger partial charge in [0.1, 0.15) is 5.82 Å². The van der Waals surface area contributed by atoms with Crippen LogP contribution >= 0.6 is 0 Å². The average Bonchev–Trinajstić information content (AvgIpc) is 3.10. The minimum atomic E-state index is -3.34. The van der Waals surface area contributed by atoms with Crippen molar-refractivity contribution < 1.29 is 18.3 Å². The van der Waals surface area contributed by atoms with E-state index in [2.05, 4.69) is 9.71 Å². The lowest BCUT2D eigenvalue weighted by molar-refractivity contribution is -0.131. The highest BCUT2D eigenvalue weighted by atomic mass is 32.2. The zero-order chi connectivity index (χ0) is 13.2. The highest BCUT2D eigenvalue weighted by Crippen LogP contribution is 2.29. The first-order valence-corrected chi connectivity index (χ1v) is 6.92. The van der Waals surface area contributed by atoms with Gasteiger partial charge in [-0.3, -0.25) is 4.72 Å². The number of hydrogen-bond acceptors (Lipinski definition) is 4. The van der Waals surface area contributed by atoms with E-state index in [9.17, 15) is 13.2 Å². The highest BCUT2D eigenvalue weighted by Gasteiger charge is 2.35. The van der Waals surface area contributed by atoms with Gasteiger partial charge >= 0.3 is 5.97 Å². The SMILES string of the molecule is O=C(O)C=Cc1cccc(NS(=O)(=O)C2CC2)n1. The molecule has 18 heavy (non-hydrogen) atoms. The minimum absolute atomic E-state index is 0.203. The van der Waals surface area contributed by atoms with Gasteiger partial charge in [0.2, 0.25) is 10.0 Å². The summed E-state index contributed by atoms with van der Waals surface area (Å²) in [6.45, 7) is 0. The fourth-order valence-corrected chi connectivity index (χ4v) is 2.69. The summed E-state index contributed by atoms with van der Waals surface area (Å²) in [5.41, 5.74) is 0.383. The molecule has 0 amide bonds. The van der Waals surface area contributed by atoms with Gasteiger partial charge in [-0.05, 0) is 31.1 Å². The zero-order valence-corrected chi connectivity index (χ0v) is 10.2. The summed E-state index contributed by atoms with van der Waals surface area (Å²) in [5.74, 6) is -0.879. The van der Waals surface area contributed by atoms with Crippen molar-refractivity contribution in [3.8, 4) is 0 Å². The quantitative estimate of drug-likeness (QED) is 0.779. The number of aromatic nitrogens is 1. The summed E-state index contributed by atoms with van der Waals surface area (Å²) in [5, 5.41) is 8.16. The van der Waals surface area contributed by atoms with E-state index in [-0.39, 0.29) is 11.1 Å².